The Morgan fingerprint density at radius 1 is 1.38 bits per heavy atom. The molecule has 4 N–H and O–H groups in total. The molecule has 0 amide bonds. The summed E-state index contributed by atoms with van der Waals surface area (Å²) < 4.78 is 0. The quantitative estimate of drug-likeness (QED) is 0.761. The molecule has 0 bridgehead atoms. The number of hydrogen-bond donors (Lipinski definition) is 3. The van der Waals surface area contributed by atoms with Crippen molar-refractivity contribution in [3.63, 3.8) is 0 Å². The lowest BCUT2D eigenvalue weighted by Crippen LogP contribution is -2.27. The van der Waals surface area contributed by atoms with E-state index in [4.69, 9.17) is 17.3 Å². The molecule has 2 atom stereocenters. The summed E-state index contributed by atoms with van der Waals surface area (Å²) in [5.41, 5.74) is 6.37. The van der Waals surface area contributed by atoms with Crippen molar-refractivity contribution in [2.24, 2.45) is 11.7 Å². The summed E-state index contributed by atoms with van der Waals surface area (Å²) in [6, 6.07) is 4.05. The summed E-state index contributed by atoms with van der Waals surface area (Å²) in [4.78, 5) is 0. The van der Waals surface area contributed by atoms with E-state index in [2.05, 4.69) is 0 Å². The van der Waals surface area contributed by atoms with Crippen LogP contribution in [-0.4, -0.2) is 16.3 Å². The van der Waals surface area contributed by atoms with Crippen LogP contribution in [0.3, 0.4) is 0 Å². The van der Waals surface area contributed by atoms with E-state index in [1.54, 1.807) is 12.1 Å². The molecule has 0 aliphatic heterocycles. The third kappa shape index (κ3) is 3.37. The Hall–Kier alpha value is -0.770. The highest BCUT2D eigenvalue weighted by molar-refractivity contribution is 6.30. The fraction of sp³-hybridized carbons (Fsp3) is 0.500. The highest BCUT2D eigenvalue weighted by Gasteiger charge is 2.20. The van der Waals surface area contributed by atoms with E-state index in [1.807, 2.05) is 13.8 Å². The first-order valence-electron chi connectivity index (χ1n) is 5.34. The van der Waals surface area contributed by atoms with Gasteiger partial charge in [0, 0.05) is 10.6 Å². The van der Waals surface area contributed by atoms with Crippen molar-refractivity contribution in [1.82, 2.24) is 0 Å². The lowest BCUT2D eigenvalue weighted by Gasteiger charge is -2.21. The fourth-order valence-electron chi connectivity index (χ4n) is 1.63. The predicted molar refractivity (Wildman–Crippen MR) is 65.5 cm³/mol. The molecule has 0 spiro atoms. The number of rotatable bonds is 4. The van der Waals surface area contributed by atoms with Crippen molar-refractivity contribution in [2.45, 2.75) is 32.4 Å². The summed E-state index contributed by atoms with van der Waals surface area (Å²) in [6.45, 7) is 4.02. The van der Waals surface area contributed by atoms with Gasteiger partial charge in [-0.05, 0) is 30.5 Å². The highest BCUT2D eigenvalue weighted by Crippen LogP contribution is 2.29. The van der Waals surface area contributed by atoms with Gasteiger partial charge in [0.25, 0.3) is 0 Å². The van der Waals surface area contributed by atoms with E-state index in [0.717, 1.165) is 0 Å². The summed E-state index contributed by atoms with van der Waals surface area (Å²) in [5.74, 6) is 0.419. The van der Waals surface area contributed by atoms with E-state index in [0.29, 0.717) is 22.9 Å². The lowest BCUT2D eigenvalue weighted by atomic mass is 9.95. The minimum absolute atomic E-state index is 0.0692. The summed E-state index contributed by atoms with van der Waals surface area (Å²) in [5, 5.41) is 20.0. The SMILES string of the molecule is CC(C)C[C@@H](O)[C@@H](N)c1cc(Cl)ccc1O. The molecular weight excluding hydrogens is 226 g/mol. The van der Waals surface area contributed by atoms with Gasteiger partial charge in [0.05, 0.1) is 12.1 Å². The number of aliphatic hydroxyl groups is 1. The van der Waals surface area contributed by atoms with Crippen LogP contribution in [-0.2, 0) is 0 Å². The molecule has 0 radical (unpaired) electrons. The first-order chi connectivity index (χ1) is 7.41. The van der Waals surface area contributed by atoms with Crippen molar-refractivity contribution < 1.29 is 10.2 Å². The summed E-state index contributed by atoms with van der Waals surface area (Å²) >= 11 is 5.82. The number of aliphatic hydroxyl groups excluding tert-OH is 1. The van der Waals surface area contributed by atoms with Gasteiger partial charge in [0.1, 0.15) is 5.75 Å². The molecule has 0 aromatic heterocycles. The maximum absolute atomic E-state index is 9.88. The molecule has 1 rings (SSSR count). The van der Waals surface area contributed by atoms with Crippen molar-refractivity contribution in [2.75, 3.05) is 0 Å². The van der Waals surface area contributed by atoms with Crippen LogP contribution in [0.15, 0.2) is 18.2 Å². The smallest absolute Gasteiger partial charge is 0.120 e. The van der Waals surface area contributed by atoms with Gasteiger partial charge in [0.15, 0.2) is 0 Å². The Morgan fingerprint density at radius 2 is 2.00 bits per heavy atom. The Balaban J connectivity index is 2.86. The number of halogens is 1. The molecule has 0 aliphatic rings. The van der Waals surface area contributed by atoms with E-state index >= 15 is 0 Å². The number of benzene rings is 1. The van der Waals surface area contributed by atoms with Crippen LogP contribution in [0.1, 0.15) is 31.9 Å². The number of phenols is 1. The molecule has 90 valence electrons. The average molecular weight is 244 g/mol. The molecular formula is C12H18ClNO2. The largest absolute Gasteiger partial charge is 0.508 e. The molecule has 16 heavy (non-hydrogen) atoms. The van der Waals surface area contributed by atoms with Crippen LogP contribution < -0.4 is 5.73 Å². The van der Waals surface area contributed by atoms with Gasteiger partial charge in [0.2, 0.25) is 0 Å². The van der Waals surface area contributed by atoms with Gasteiger partial charge >= 0.3 is 0 Å². The van der Waals surface area contributed by atoms with Gasteiger partial charge in [-0.2, -0.15) is 0 Å². The zero-order valence-electron chi connectivity index (χ0n) is 9.52. The van der Waals surface area contributed by atoms with Gasteiger partial charge in [-0.25, -0.2) is 0 Å². The van der Waals surface area contributed by atoms with Crippen LogP contribution in [0.4, 0.5) is 0 Å². The number of aromatic hydroxyl groups is 1. The van der Waals surface area contributed by atoms with Crippen molar-refractivity contribution >= 4 is 11.6 Å². The monoisotopic (exact) mass is 243 g/mol. The van der Waals surface area contributed by atoms with Gasteiger partial charge in [-0.1, -0.05) is 25.4 Å². The Bertz CT molecular complexity index is 355. The van der Waals surface area contributed by atoms with Gasteiger partial charge < -0.3 is 15.9 Å². The Labute approximate surface area is 101 Å². The average Bonchev–Trinajstić information content (AvgIpc) is 2.19. The zero-order valence-corrected chi connectivity index (χ0v) is 10.3. The third-order valence-electron chi connectivity index (χ3n) is 2.48. The first-order valence-corrected chi connectivity index (χ1v) is 5.71. The molecule has 0 heterocycles. The molecule has 0 fully saturated rings. The number of phenolic OH excluding ortho intramolecular Hbond substituents is 1. The molecule has 3 nitrogen and oxygen atoms in total. The molecule has 0 unspecified atom stereocenters. The summed E-state index contributed by atoms with van der Waals surface area (Å²) in [7, 11) is 0. The second kappa shape index (κ2) is 5.53. The van der Waals surface area contributed by atoms with E-state index in [1.165, 1.54) is 6.07 Å². The maximum atomic E-state index is 9.88. The minimum Gasteiger partial charge on any atom is -0.508 e. The van der Waals surface area contributed by atoms with Crippen molar-refractivity contribution in [1.29, 1.82) is 0 Å². The summed E-state index contributed by atoms with van der Waals surface area (Å²) in [6.07, 6.45) is -0.0861. The standard InChI is InChI=1S/C12H18ClNO2/c1-7(2)5-11(16)12(14)9-6-8(13)3-4-10(9)15/h3-4,6-7,11-12,15-16H,5,14H2,1-2H3/t11-,12+/m1/s1. The lowest BCUT2D eigenvalue weighted by molar-refractivity contribution is 0.120. The molecule has 0 aliphatic carbocycles. The molecule has 4 heteroatoms. The molecule has 0 saturated carbocycles. The first kappa shape index (κ1) is 13.3. The molecule has 1 aromatic rings. The predicted octanol–water partition coefficient (Wildman–Crippen LogP) is 2.45. The number of nitrogens with two attached hydrogens (primary N) is 1. The second-order valence-corrected chi connectivity index (χ2v) is 4.86. The van der Waals surface area contributed by atoms with Crippen molar-refractivity contribution in [3.05, 3.63) is 28.8 Å². The van der Waals surface area contributed by atoms with E-state index in [9.17, 15) is 10.2 Å². The highest BCUT2D eigenvalue weighted by atomic mass is 35.5. The Kier molecular flexibility index (Phi) is 4.59. The van der Waals surface area contributed by atoms with E-state index < -0.39 is 12.1 Å². The Morgan fingerprint density at radius 3 is 2.56 bits per heavy atom. The van der Waals surface area contributed by atoms with Crippen molar-refractivity contribution in [3.8, 4) is 5.75 Å². The molecule has 1 aromatic carbocycles. The normalized spacial score (nSPS) is 15.1. The second-order valence-electron chi connectivity index (χ2n) is 4.43. The van der Waals surface area contributed by atoms with Crippen LogP contribution in [0.2, 0.25) is 5.02 Å². The number of hydrogen-bond acceptors (Lipinski definition) is 3. The van der Waals surface area contributed by atoms with Crippen LogP contribution in [0, 0.1) is 5.92 Å². The minimum atomic E-state index is -0.677. The van der Waals surface area contributed by atoms with Crippen LogP contribution >= 0.6 is 11.6 Å². The van der Waals surface area contributed by atoms with Crippen LogP contribution in [0.25, 0.3) is 0 Å². The van der Waals surface area contributed by atoms with Gasteiger partial charge in [-0.3, -0.25) is 0 Å². The zero-order chi connectivity index (χ0) is 12.3. The van der Waals surface area contributed by atoms with E-state index in [-0.39, 0.29) is 5.75 Å². The van der Waals surface area contributed by atoms with Crippen LogP contribution in [0.5, 0.6) is 5.75 Å². The fourth-order valence-corrected chi connectivity index (χ4v) is 1.81. The van der Waals surface area contributed by atoms with Gasteiger partial charge in [-0.15, -0.1) is 0 Å². The topological polar surface area (TPSA) is 66.5 Å². The third-order valence-corrected chi connectivity index (χ3v) is 2.71. The maximum Gasteiger partial charge on any atom is 0.120 e. The molecule has 0 saturated heterocycles.